The highest BCUT2D eigenvalue weighted by Gasteiger charge is 2.31. The molecular formula is C20H32N4O4. The van der Waals surface area contributed by atoms with Gasteiger partial charge in [0.1, 0.15) is 18.7 Å². The maximum atomic E-state index is 12.5. The number of amides is 1. The van der Waals surface area contributed by atoms with Crippen LogP contribution in [0.25, 0.3) is 0 Å². The van der Waals surface area contributed by atoms with E-state index >= 15 is 0 Å². The van der Waals surface area contributed by atoms with Crippen LogP contribution in [0, 0.1) is 5.92 Å². The normalized spacial score (nSPS) is 24.6. The molecule has 28 heavy (non-hydrogen) atoms. The Balaban J connectivity index is 1.54. The van der Waals surface area contributed by atoms with Crippen molar-refractivity contribution < 1.29 is 18.8 Å². The highest BCUT2D eigenvalue weighted by atomic mass is 16.6. The first kappa shape index (κ1) is 20.6. The van der Waals surface area contributed by atoms with Crippen LogP contribution in [0.5, 0.6) is 0 Å². The minimum Gasteiger partial charge on any atom is -0.448 e. The van der Waals surface area contributed by atoms with Crippen molar-refractivity contribution in [3.63, 3.8) is 0 Å². The van der Waals surface area contributed by atoms with Crippen LogP contribution in [-0.2, 0) is 9.53 Å². The first-order valence-corrected chi connectivity index (χ1v) is 10.2. The van der Waals surface area contributed by atoms with Gasteiger partial charge in [-0.1, -0.05) is 19.0 Å². The summed E-state index contributed by atoms with van der Waals surface area (Å²) >= 11 is 0. The average Bonchev–Trinajstić information content (AvgIpc) is 3.29. The minimum atomic E-state index is -0.290. The lowest BCUT2D eigenvalue weighted by Gasteiger charge is -2.39. The molecule has 0 aromatic carbocycles. The molecule has 1 aromatic heterocycles. The summed E-state index contributed by atoms with van der Waals surface area (Å²) in [6.07, 6.45) is 2.92. The molecule has 156 valence electrons. The van der Waals surface area contributed by atoms with Crippen molar-refractivity contribution in [2.24, 2.45) is 5.92 Å². The number of likely N-dealkylation sites (N-methyl/N-ethyl adjacent to an activating group) is 1. The zero-order valence-electron chi connectivity index (χ0n) is 17.3. The molecule has 3 unspecified atom stereocenters. The smallest absolute Gasteiger partial charge is 0.409 e. The molecule has 2 fully saturated rings. The predicted molar refractivity (Wildman–Crippen MR) is 106 cm³/mol. The van der Waals surface area contributed by atoms with Crippen LogP contribution in [0.2, 0.25) is 0 Å². The van der Waals surface area contributed by atoms with E-state index in [1.165, 1.54) is 0 Å². The van der Waals surface area contributed by atoms with E-state index in [1.54, 1.807) is 4.90 Å². The van der Waals surface area contributed by atoms with Crippen LogP contribution in [0.4, 0.5) is 10.6 Å². The topological polar surface area (TPSA) is 79.1 Å². The summed E-state index contributed by atoms with van der Waals surface area (Å²) in [5.74, 6) is 1.17. The van der Waals surface area contributed by atoms with Gasteiger partial charge in [0.2, 0.25) is 0 Å². The number of aldehydes is 1. The fraction of sp³-hybridized carbons (Fsp3) is 0.750. The summed E-state index contributed by atoms with van der Waals surface area (Å²) < 4.78 is 11.0. The molecule has 1 aromatic rings. The molecule has 0 radical (unpaired) electrons. The Bertz CT molecular complexity index is 677. The Morgan fingerprint density at radius 2 is 2.18 bits per heavy atom. The number of hydrogen-bond acceptors (Lipinski definition) is 7. The summed E-state index contributed by atoms with van der Waals surface area (Å²) in [6, 6.07) is 2.27. The number of aromatic nitrogens is 1. The molecule has 3 rings (SSSR count). The SMILES string of the molecule is CC(C)C(C=O)c1cc(N2CCN(C(=O)OCC3CCCN3C)CC2C)no1. The fourth-order valence-corrected chi connectivity index (χ4v) is 4.04. The number of ether oxygens (including phenoxy) is 1. The quantitative estimate of drug-likeness (QED) is 0.688. The minimum absolute atomic E-state index is 0.0853. The van der Waals surface area contributed by atoms with Crippen molar-refractivity contribution in [1.82, 2.24) is 15.0 Å². The molecule has 0 aliphatic carbocycles. The Labute approximate surface area is 166 Å². The Morgan fingerprint density at radius 1 is 1.39 bits per heavy atom. The Hall–Kier alpha value is -2.09. The van der Waals surface area contributed by atoms with Gasteiger partial charge in [-0.3, -0.25) is 0 Å². The first-order chi connectivity index (χ1) is 13.4. The van der Waals surface area contributed by atoms with Gasteiger partial charge in [-0.05, 0) is 39.3 Å². The van der Waals surface area contributed by atoms with Gasteiger partial charge >= 0.3 is 6.09 Å². The second-order valence-corrected chi connectivity index (χ2v) is 8.34. The van der Waals surface area contributed by atoms with Crippen molar-refractivity contribution in [2.45, 2.75) is 51.6 Å². The number of carbonyl (C=O) groups is 2. The highest BCUT2D eigenvalue weighted by Crippen LogP contribution is 2.28. The maximum Gasteiger partial charge on any atom is 0.409 e. The van der Waals surface area contributed by atoms with Gasteiger partial charge in [0.15, 0.2) is 5.82 Å². The van der Waals surface area contributed by atoms with E-state index in [1.807, 2.05) is 19.9 Å². The molecular weight excluding hydrogens is 360 g/mol. The third-order valence-corrected chi connectivity index (χ3v) is 5.96. The van der Waals surface area contributed by atoms with Gasteiger partial charge < -0.3 is 28.8 Å². The molecule has 0 spiro atoms. The third kappa shape index (κ3) is 4.48. The standard InChI is InChI=1S/C20H32N4O4/c1-14(2)17(12-25)18-10-19(21-28-18)24-9-8-23(11-15(24)3)20(26)27-13-16-6-5-7-22(16)4/h10,12,14-17H,5-9,11,13H2,1-4H3. The van der Waals surface area contributed by atoms with Gasteiger partial charge in [-0.2, -0.15) is 0 Å². The molecule has 8 nitrogen and oxygen atoms in total. The van der Waals surface area contributed by atoms with E-state index < -0.39 is 0 Å². The highest BCUT2D eigenvalue weighted by molar-refractivity contribution is 5.68. The molecule has 2 saturated heterocycles. The number of carbonyl (C=O) groups excluding carboxylic acids is 2. The van der Waals surface area contributed by atoms with Gasteiger partial charge in [0.05, 0.1) is 5.92 Å². The average molecular weight is 393 g/mol. The van der Waals surface area contributed by atoms with Crippen LogP contribution in [0.1, 0.15) is 45.3 Å². The van der Waals surface area contributed by atoms with Gasteiger partial charge in [-0.15, -0.1) is 0 Å². The molecule has 0 N–H and O–H groups in total. The fourth-order valence-electron chi connectivity index (χ4n) is 4.04. The van der Waals surface area contributed by atoms with Crippen LogP contribution in [-0.4, -0.2) is 79.3 Å². The number of piperazine rings is 1. The third-order valence-electron chi connectivity index (χ3n) is 5.96. The zero-order chi connectivity index (χ0) is 20.3. The van der Waals surface area contributed by atoms with E-state index in [4.69, 9.17) is 9.26 Å². The van der Waals surface area contributed by atoms with E-state index in [9.17, 15) is 9.59 Å². The lowest BCUT2D eigenvalue weighted by molar-refractivity contribution is -0.110. The summed E-state index contributed by atoms with van der Waals surface area (Å²) in [5.41, 5.74) is 0. The molecule has 0 bridgehead atoms. The summed E-state index contributed by atoms with van der Waals surface area (Å²) in [7, 11) is 2.08. The van der Waals surface area contributed by atoms with Gasteiger partial charge in [0, 0.05) is 37.8 Å². The van der Waals surface area contributed by atoms with E-state index in [0.717, 1.165) is 31.5 Å². The summed E-state index contributed by atoms with van der Waals surface area (Å²) in [4.78, 5) is 29.9. The Kier molecular flexibility index (Phi) is 6.59. The second kappa shape index (κ2) is 8.94. The molecule has 3 atom stereocenters. The summed E-state index contributed by atoms with van der Waals surface area (Å²) in [6.45, 7) is 9.35. The van der Waals surface area contributed by atoms with Crippen molar-refractivity contribution in [3.8, 4) is 0 Å². The van der Waals surface area contributed by atoms with Crippen LogP contribution in [0.3, 0.4) is 0 Å². The Morgan fingerprint density at radius 3 is 2.79 bits per heavy atom. The van der Waals surface area contributed by atoms with Crippen LogP contribution < -0.4 is 4.90 Å². The van der Waals surface area contributed by atoms with Gasteiger partial charge in [-0.25, -0.2) is 4.79 Å². The second-order valence-electron chi connectivity index (χ2n) is 8.34. The molecule has 2 aliphatic heterocycles. The first-order valence-electron chi connectivity index (χ1n) is 10.2. The zero-order valence-corrected chi connectivity index (χ0v) is 17.3. The monoisotopic (exact) mass is 392 g/mol. The van der Waals surface area contributed by atoms with E-state index in [2.05, 4.69) is 28.9 Å². The lowest BCUT2D eigenvalue weighted by atomic mass is 9.95. The molecule has 1 amide bonds. The van der Waals surface area contributed by atoms with Crippen molar-refractivity contribution >= 4 is 18.2 Å². The number of likely N-dealkylation sites (tertiary alicyclic amines) is 1. The number of nitrogens with zero attached hydrogens (tertiary/aromatic N) is 4. The number of anilines is 1. The van der Waals surface area contributed by atoms with Crippen molar-refractivity contribution in [2.75, 3.05) is 44.7 Å². The lowest BCUT2D eigenvalue weighted by Crippen LogP contribution is -2.54. The largest absolute Gasteiger partial charge is 0.448 e. The van der Waals surface area contributed by atoms with E-state index in [-0.39, 0.29) is 24.0 Å². The van der Waals surface area contributed by atoms with Gasteiger partial charge in [0.25, 0.3) is 0 Å². The maximum absolute atomic E-state index is 12.5. The number of hydrogen-bond donors (Lipinski definition) is 0. The molecule has 2 aliphatic rings. The molecule has 0 saturated carbocycles. The molecule has 8 heteroatoms. The van der Waals surface area contributed by atoms with Crippen LogP contribution in [0.15, 0.2) is 10.6 Å². The summed E-state index contributed by atoms with van der Waals surface area (Å²) in [5, 5.41) is 4.16. The van der Waals surface area contributed by atoms with Crippen LogP contribution >= 0.6 is 0 Å². The van der Waals surface area contributed by atoms with E-state index in [0.29, 0.717) is 38.0 Å². The number of rotatable bonds is 6. The van der Waals surface area contributed by atoms with Crippen molar-refractivity contribution in [3.05, 3.63) is 11.8 Å². The predicted octanol–water partition coefficient (Wildman–Crippen LogP) is 2.35. The van der Waals surface area contributed by atoms with Crippen molar-refractivity contribution in [1.29, 1.82) is 0 Å². The molecule has 3 heterocycles.